The Morgan fingerprint density at radius 1 is 1.50 bits per heavy atom. The molecule has 0 aromatic heterocycles. The van der Waals surface area contributed by atoms with Gasteiger partial charge in [0, 0.05) is 13.0 Å². The predicted molar refractivity (Wildman–Crippen MR) is 49.2 cm³/mol. The van der Waals surface area contributed by atoms with Crippen molar-refractivity contribution in [3.8, 4) is 0 Å². The summed E-state index contributed by atoms with van der Waals surface area (Å²) in [5.41, 5.74) is 10.1. The van der Waals surface area contributed by atoms with Gasteiger partial charge in [0.25, 0.3) is 0 Å². The number of nitrogens with two attached hydrogens (primary N) is 2. The van der Waals surface area contributed by atoms with Crippen LogP contribution in [0.5, 0.6) is 0 Å². The molecule has 0 spiro atoms. The van der Waals surface area contributed by atoms with Gasteiger partial charge in [-0.25, -0.2) is 0 Å². The summed E-state index contributed by atoms with van der Waals surface area (Å²) < 4.78 is 4.41. The van der Waals surface area contributed by atoms with Crippen LogP contribution in [0.25, 0.3) is 0 Å². The van der Waals surface area contributed by atoms with Gasteiger partial charge in [-0.05, 0) is 6.42 Å². The number of carbonyl (C=O) groups is 1. The Morgan fingerprint density at radius 3 is 2.50 bits per heavy atom. The first-order chi connectivity index (χ1) is 5.16. The highest BCUT2D eigenvalue weighted by Crippen LogP contribution is 1.91. The van der Waals surface area contributed by atoms with Gasteiger partial charge in [0.15, 0.2) is 5.96 Å². The van der Waals surface area contributed by atoms with Gasteiger partial charge in [0.2, 0.25) is 0 Å². The summed E-state index contributed by atoms with van der Waals surface area (Å²) >= 11 is 0. The molecule has 0 heterocycles. The predicted octanol–water partition coefficient (Wildman–Crippen LogP) is -0.365. The van der Waals surface area contributed by atoms with E-state index in [1.165, 1.54) is 7.11 Å². The molecule has 0 aromatic carbocycles. The highest BCUT2D eigenvalue weighted by molar-refractivity contribution is 5.85. The van der Waals surface area contributed by atoms with E-state index in [1.54, 1.807) is 0 Å². The molecule has 0 aliphatic rings. The largest absolute Gasteiger partial charge is 0.469 e. The van der Waals surface area contributed by atoms with Crippen molar-refractivity contribution in [3.05, 3.63) is 0 Å². The van der Waals surface area contributed by atoms with Crippen molar-refractivity contribution in [2.75, 3.05) is 13.7 Å². The number of aliphatic imine (C=N–C) groups is 1. The molecule has 0 aliphatic carbocycles. The Balaban J connectivity index is 0. The van der Waals surface area contributed by atoms with Crippen molar-refractivity contribution in [2.45, 2.75) is 12.8 Å². The number of hydrogen-bond donors (Lipinski definition) is 2. The lowest BCUT2D eigenvalue weighted by Crippen LogP contribution is -2.23. The molecule has 0 radical (unpaired) electrons. The van der Waals surface area contributed by atoms with Crippen LogP contribution in [-0.2, 0) is 9.53 Å². The topological polar surface area (TPSA) is 90.7 Å². The minimum absolute atomic E-state index is 0. The summed E-state index contributed by atoms with van der Waals surface area (Å²) in [6.45, 7) is 0.470. The van der Waals surface area contributed by atoms with Gasteiger partial charge in [-0.2, -0.15) is 0 Å². The molecule has 4 N–H and O–H groups in total. The third-order valence-electron chi connectivity index (χ3n) is 1.06. The normalized spacial score (nSPS) is 8.08. The standard InChI is InChI=1S/C6H13N3O2.ClH/c1-11-5(10)3-2-4-9-6(7)8;/h2-4H2,1H3,(H4,7,8,9);1H. The second-order valence-corrected chi connectivity index (χ2v) is 1.99. The number of esters is 1. The second kappa shape index (κ2) is 8.13. The van der Waals surface area contributed by atoms with Crippen molar-refractivity contribution < 1.29 is 9.53 Å². The molecular weight excluding hydrogens is 182 g/mol. The van der Waals surface area contributed by atoms with Crippen molar-refractivity contribution in [1.82, 2.24) is 0 Å². The lowest BCUT2D eigenvalue weighted by molar-refractivity contribution is -0.140. The Hall–Kier alpha value is -0.970. The number of nitrogens with zero attached hydrogens (tertiary/aromatic N) is 1. The fraction of sp³-hybridized carbons (Fsp3) is 0.667. The van der Waals surface area contributed by atoms with Crippen molar-refractivity contribution in [3.63, 3.8) is 0 Å². The summed E-state index contributed by atoms with van der Waals surface area (Å²) in [7, 11) is 1.35. The molecule has 0 bridgehead atoms. The molecule has 0 amide bonds. The first-order valence-corrected chi connectivity index (χ1v) is 3.29. The molecule has 0 unspecified atom stereocenters. The average Bonchev–Trinajstić information content (AvgIpc) is 1.97. The average molecular weight is 196 g/mol. The third kappa shape index (κ3) is 9.03. The maximum atomic E-state index is 10.5. The Kier molecular flexibility index (Phi) is 9.22. The zero-order valence-electron chi connectivity index (χ0n) is 6.95. The molecule has 72 valence electrons. The van der Waals surface area contributed by atoms with Gasteiger partial charge in [-0.3, -0.25) is 9.79 Å². The number of methoxy groups -OCH3 is 1. The van der Waals surface area contributed by atoms with Gasteiger partial charge >= 0.3 is 5.97 Å². The van der Waals surface area contributed by atoms with Crippen LogP contribution in [0.15, 0.2) is 4.99 Å². The highest BCUT2D eigenvalue weighted by atomic mass is 35.5. The SMILES string of the molecule is COC(=O)CCCN=C(N)N.Cl. The maximum absolute atomic E-state index is 10.5. The number of guanidine groups is 1. The molecule has 0 saturated heterocycles. The van der Waals surface area contributed by atoms with Gasteiger partial charge < -0.3 is 16.2 Å². The molecule has 5 nitrogen and oxygen atoms in total. The van der Waals surface area contributed by atoms with Gasteiger partial charge in [0.1, 0.15) is 0 Å². The highest BCUT2D eigenvalue weighted by Gasteiger charge is 1.97. The van der Waals surface area contributed by atoms with E-state index in [4.69, 9.17) is 11.5 Å². The molecule has 0 aliphatic heterocycles. The Labute approximate surface area is 77.6 Å². The first-order valence-electron chi connectivity index (χ1n) is 3.29. The minimum atomic E-state index is -0.240. The quantitative estimate of drug-likeness (QED) is 0.277. The number of carbonyl (C=O) groups excluding carboxylic acids is 1. The molecule has 0 rings (SSSR count). The van der Waals surface area contributed by atoms with Crippen LogP contribution >= 0.6 is 12.4 Å². The number of rotatable bonds is 4. The van der Waals surface area contributed by atoms with Gasteiger partial charge in [-0.1, -0.05) is 0 Å². The monoisotopic (exact) mass is 195 g/mol. The van der Waals surface area contributed by atoms with E-state index < -0.39 is 0 Å². The molecule has 0 fully saturated rings. The molecule has 12 heavy (non-hydrogen) atoms. The minimum Gasteiger partial charge on any atom is -0.469 e. The zero-order valence-corrected chi connectivity index (χ0v) is 7.76. The van der Waals surface area contributed by atoms with E-state index in [1.807, 2.05) is 0 Å². The van der Waals surface area contributed by atoms with E-state index in [2.05, 4.69) is 9.73 Å². The first kappa shape index (κ1) is 13.6. The van der Waals surface area contributed by atoms with Crippen LogP contribution in [0, 0.1) is 0 Å². The van der Waals surface area contributed by atoms with E-state index in [0.717, 1.165) is 0 Å². The smallest absolute Gasteiger partial charge is 0.305 e. The summed E-state index contributed by atoms with van der Waals surface area (Å²) in [6.07, 6.45) is 0.970. The van der Waals surface area contributed by atoms with Crippen molar-refractivity contribution in [1.29, 1.82) is 0 Å². The fourth-order valence-electron chi connectivity index (χ4n) is 0.534. The van der Waals surface area contributed by atoms with Gasteiger partial charge in [-0.15, -0.1) is 12.4 Å². The lowest BCUT2D eigenvalue weighted by Gasteiger charge is -1.95. The summed E-state index contributed by atoms with van der Waals surface area (Å²) in [5, 5.41) is 0. The van der Waals surface area contributed by atoms with E-state index >= 15 is 0 Å². The van der Waals surface area contributed by atoms with Crippen molar-refractivity contribution in [2.24, 2.45) is 16.5 Å². The number of halogens is 1. The third-order valence-corrected chi connectivity index (χ3v) is 1.06. The van der Waals surface area contributed by atoms with Crippen LogP contribution in [0.2, 0.25) is 0 Å². The van der Waals surface area contributed by atoms with E-state index in [-0.39, 0.29) is 24.3 Å². The van der Waals surface area contributed by atoms with Crippen LogP contribution in [0.4, 0.5) is 0 Å². The molecular formula is C6H14ClN3O2. The fourth-order valence-corrected chi connectivity index (χ4v) is 0.534. The number of hydrogen-bond acceptors (Lipinski definition) is 3. The summed E-state index contributed by atoms with van der Waals surface area (Å²) in [6, 6.07) is 0. The van der Waals surface area contributed by atoms with Crippen LogP contribution in [-0.4, -0.2) is 25.6 Å². The van der Waals surface area contributed by atoms with Crippen LogP contribution < -0.4 is 11.5 Å². The zero-order chi connectivity index (χ0) is 8.69. The van der Waals surface area contributed by atoms with Crippen LogP contribution in [0.1, 0.15) is 12.8 Å². The molecule has 0 saturated carbocycles. The molecule has 0 atom stereocenters. The second-order valence-electron chi connectivity index (χ2n) is 1.99. The molecule has 0 aromatic rings. The van der Waals surface area contributed by atoms with E-state index in [9.17, 15) is 4.79 Å². The summed E-state index contributed by atoms with van der Waals surface area (Å²) in [4.78, 5) is 14.2. The lowest BCUT2D eigenvalue weighted by atomic mass is 10.3. The van der Waals surface area contributed by atoms with Crippen LogP contribution in [0.3, 0.4) is 0 Å². The van der Waals surface area contributed by atoms with E-state index in [0.29, 0.717) is 19.4 Å². The Bertz CT molecular complexity index is 157. The Morgan fingerprint density at radius 2 is 2.08 bits per heavy atom. The summed E-state index contributed by atoms with van der Waals surface area (Å²) in [5.74, 6) is -0.189. The van der Waals surface area contributed by atoms with Crippen molar-refractivity contribution >= 4 is 24.3 Å². The maximum Gasteiger partial charge on any atom is 0.305 e. The number of ether oxygens (including phenoxy) is 1. The molecule has 6 heteroatoms. The van der Waals surface area contributed by atoms with Gasteiger partial charge in [0.05, 0.1) is 7.11 Å².